The molecule has 7 heteroatoms. The number of hydrogen-bond donors (Lipinski definition) is 1. The number of ether oxygens (including phenoxy) is 1. The highest BCUT2D eigenvalue weighted by atomic mass is 19.1. The van der Waals surface area contributed by atoms with E-state index in [1.54, 1.807) is 19.1 Å². The van der Waals surface area contributed by atoms with Crippen LogP contribution in [-0.4, -0.2) is 9.91 Å². The number of nitrogens with two attached hydrogens (primary N) is 1. The van der Waals surface area contributed by atoms with Gasteiger partial charge in [0.1, 0.15) is 11.5 Å². The predicted octanol–water partition coefficient (Wildman–Crippen LogP) is 2.94. The lowest BCUT2D eigenvalue weighted by atomic mass is 10.2. The second-order valence-electron chi connectivity index (χ2n) is 4.18. The van der Waals surface area contributed by atoms with Crippen LogP contribution in [0.4, 0.5) is 10.1 Å². The van der Waals surface area contributed by atoms with Gasteiger partial charge < -0.3 is 10.5 Å². The molecule has 1 atom stereocenters. The van der Waals surface area contributed by atoms with Crippen molar-refractivity contribution in [2.45, 2.75) is 13.0 Å². The van der Waals surface area contributed by atoms with E-state index in [4.69, 9.17) is 10.5 Å². The van der Waals surface area contributed by atoms with E-state index in [0.29, 0.717) is 11.4 Å². The van der Waals surface area contributed by atoms with Crippen molar-refractivity contribution in [2.75, 3.05) is 0 Å². The summed E-state index contributed by atoms with van der Waals surface area (Å²) >= 11 is 0. The van der Waals surface area contributed by atoms with Gasteiger partial charge in [-0.05, 0) is 25.1 Å². The Balaban J connectivity index is 2.17. The molecule has 20 heavy (non-hydrogen) atoms. The van der Waals surface area contributed by atoms with E-state index in [0.717, 1.165) is 12.1 Å². The molecular weight excluding hydrogens is 265 g/mol. The van der Waals surface area contributed by atoms with Crippen molar-refractivity contribution < 1.29 is 14.1 Å². The number of nitrogens with zero attached hydrogens (tertiary/aromatic N) is 2. The lowest BCUT2D eigenvalue weighted by Crippen LogP contribution is -2.06. The van der Waals surface area contributed by atoms with Gasteiger partial charge >= 0.3 is 5.69 Å². The number of pyridine rings is 1. The summed E-state index contributed by atoms with van der Waals surface area (Å²) in [6.45, 7) is 1.80. The minimum absolute atomic E-state index is 0.156. The summed E-state index contributed by atoms with van der Waals surface area (Å²) in [5.74, 6) is -0.404. The molecule has 6 nitrogen and oxygen atoms in total. The monoisotopic (exact) mass is 277 g/mol. The molecule has 0 aliphatic rings. The highest BCUT2D eigenvalue weighted by molar-refractivity contribution is 5.39. The minimum Gasteiger partial charge on any atom is -0.456 e. The molecule has 0 aliphatic carbocycles. The summed E-state index contributed by atoms with van der Waals surface area (Å²) in [4.78, 5) is 13.8. The first-order valence-electron chi connectivity index (χ1n) is 5.80. The van der Waals surface area contributed by atoms with Crippen molar-refractivity contribution in [3.63, 3.8) is 0 Å². The van der Waals surface area contributed by atoms with E-state index < -0.39 is 16.4 Å². The Morgan fingerprint density at radius 3 is 2.55 bits per heavy atom. The van der Waals surface area contributed by atoms with Crippen LogP contribution < -0.4 is 10.5 Å². The number of hydrogen-bond acceptors (Lipinski definition) is 5. The third kappa shape index (κ3) is 3.07. The van der Waals surface area contributed by atoms with Crippen LogP contribution in [0.3, 0.4) is 0 Å². The standard InChI is InChI=1S/C13H12FN3O3/c1-8(15)12-4-2-10(7-16-12)20-9-3-5-13(17(18)19)11(14)6-9/h2-8H,15H2,1H3/t8-/m1/s1. The molecule has 0 amide bonds. The number of rotatable bonds is 4. The molecule has 0 radical (unpaired) electrons. The molecule has 0 unspecified atom stereocenters. The second kappa shape index (κ2) is 5.62. The van der Waals surface area contributed by atoms with Crippen molar-refractivity contribution in [1.82, 2.24) is 4.98 Å². The number of aromatic nitrogens is 1. The molecule has 2 N–H and O–H groups in total. The van der Waals surface area contributed by atoms with E-state index in [-0.39, 0.29) is 11.8 Å². The molecule has 0 aliphatic heterocycles. The fourth-order valence-corrected chi connectivity index (χ4v) is 1.56. The highest BCUT2D eigenvalue weighted by Crippen LogP contribution is 2.26. The van der Waals surface area contributed by atoms with Crippen LogP contribution in [-0.2, 0) is 0 Å². The van der Waals surface area contributed by atoms with E-state index in [2.05, 4.69) is 4.98 Å². The van der Waals surface area contributed by atoms with Gasteiger partial charge in [0.05, 0.1) is 16.8 Å². The predicted molar refractivity (Wildman–Crippen MR) is 70.0 cm³/mol. The quantitative estimate of drug-likeness (QED) is 0.685. The maximum absolute atomic E-state index is 13.4. The number of halogens is 1. The Kier molecular flexibility index (Phi) is 3.90. The topological polar surface area (TPSA) is 91.3 Å². The van der Waals surface area contributed by atoms with E-state index in [1.807, 2.05) is 0 Å². The fourth-order valence-electron chi connectivity index (χ4n) is 1.56. The van der Waals surface area contributed by atoms with Crippen molar-refractivity contribution in [2.24, 2.45) is 5.73 Å². The van der Waals surface area contributed by atoms with Gasteiger partial charge in [0, 0.05) is 18.2 Å². The van der Waals surface area contributed by atoms with E-state index in [1.165, 1.54) is 12.3 Å². The Hall–Kier alpha value is -2.54. The maximum Gasteiger partial charge on any atom is 0.305 e. The Bertz CT molecular complexity index is 629. The molecule has 1 heterocycles. The molecule has 2 aromatic rings. The first kappa shape index (κ1) is 13.9. The van der Waals surface area contributed by atoms with Gasteiger partial charge in [-0.3, -0.25) is 15.1 Å². The van der Waals surface area contributed by atoms with Gasteiger partial charge in [0.2, 0.25) is 5.82 Å². The summed E-state index contributed by atoms with van der Waals surface area (Å²) < 4.78 is 18.8. The lowest BCUT2D eigenvalue weighted by Gasteiger charge is -2.08. The molecule has 1 aromatic heterocycles. The maximum atomic E-state index is 13.4. The molecule has 0 bridgehead atoms. The summed E-state index contributed by atoms with van der Waals surface area (Å²) in [5.41, 5.74) is 5.77. The van der Waals surface area contributed by atoms with Crippen LogP contribution in [0.5, 0.6) is 11.5 Å². The molecule has 2 rings (SSSR count). The average molecular weight is 277 g/mol. The van der Waals surface area contributed by atoms with Crippen LogP contribution in [0.1, 0.15) is 18.7 Å². The summed E-state index contributed by atoms with van der Waals surface area (Å²) in [6, 6.07) is 6.47. The Morgan fingerprint density at radius 1 is 1.35 bits per heavy atom. The van der Waals surface area contributed by atoms with Crippen molar-refractivity contribution >= 4 is 5.69 Å². The average Bonchev–Trinajstić information content (AvgIpc) is 2.39. The Morgan fingerprint density at radius 2 is 2.05 bits per heavy atom. The SMILES string of the molecule is C[C@@H](N)c1ccc(Oc2ccc([N+](=O)[O-])c(F)c2)cn1. The van der Waals surface area contributed by atoms with Gasteiger partial charge in [-0.1, -0.05) is 0 Å². The number of nitro benzene ring substituents is 1. The molecule has 1 aromatic carbocycles. The normalized spacial score (nSPS) is 11.9. The first-order valence-corrected chi connectivity index (χ1v) is 5.80. The van der Waals surface area contributed by atoms with Gasteiger partial charge in [-0.15, -0.1) is 0 Å². The first-order chi connectivity index (χ1) is 9.47. The second-order valence-corrected chi connectivity index (χ2v) is 4.18. The van der Waals surface area contributed by atoms with Crippen LogP contribution in [0.2, 0.25) is 0 Å². The van der Waals surface area contributed by atoms with Crippen LogP contribution in [0, 0.1) is 15.9 Å². The number of benzene rings is 1. The van der Waals surface area contributed by atoms with E-state index in [9.17, 15) is 14.5 Å². The number of nitro groups is 1. The summed E-state index contributed by atoms with van der Waals surface area (Å²) in [5, 5.41) is 10.5. The van der Waals surface area contributed by atoms with Crippen molar-refractivity contribution in [3.8, 4) is 11.5 Å². The molecule has 0 saturated carbocycles. The zero-order valence-corrected chi connectivity index (χ0v) is 10.6. The molecular formula is C13H12FN3O3. The van der Waals surface area contributed by atoms with Crippen LogP contribution in [0.15, 0.2) is 36.5 Å². The molecule has 0 saturated heterocycles. The van der Waals surface area contributed by atoms with Gasteiger partial charge in [0.25, 0.3) is 0 Å². The van der Waals surface area contributed by atoms with Crippen LogP contribution >= 0.6 is 0 Å². The Labute approximate surface area is 114 Å². The van der Waals surface area contributed by atoms with Gasteiger partial charge in [-0.25, -0.2) is 0 Å². The van der Waals surface area contributed by atoms with Crippen molar-refractivity contribution in [3.05, 3.63) is 58.2 Å². The molecule has 104 valence electrons. The van der Waals surface area contributed by atoms with Gasteiger partial charge in [0.15, 0.2) is 0 Å². The molecule has 0 fully saturated rings. The smallest absolute Gasteiger partial charge is 0.305 e. The fraction of sp³-hybridized carbons (Fsp3) is 0.154. The summed E-state index contributed by atoms with van der Waals surface area (Å²) in [6.07, 6.45) is 1.46. The third-order valence-electron chi connectivity index (χ3n) is 2.58. The third-order valence-corrected chi connectivity index (χ3v) is 2.58. The zero-order chi connectivity index (χ0) is 14.7. The summed E-state index contributed by atoms with van der Waals surface area (Å²) in [7, 11) is 0. The van der Waals surface area contributed by atoms with E-state index >= 15 is 0 Å². The largest absolute Gasteiger partial charge is 0.456 e. The van der Waals surface area contributed by atoms with Crippen LogP contribution in [0.25, 0.3) is 0 Å². The van der Waals surface area contributed by atoms with Crippen molar-refractivity contribution in [1.29, 1.82) is 0 Å². The highest BCUT2D eigenvalue weighted by Gasteiger charge is 2.14. The lowest BCUT2D eigenvalue weighted by molar-refractivity contribution is -0.387. The minimum atomic E-state index is -0.951. The molecule has 0 spiro atoms. The zero-order valence-electron chi connectivity index (χ0n) is 10.6. The van der Waals surface area contributed by atoms with Gasteiger partial charge in [-0.2, -0.15) is 4.39 Å².